The number of hydrogen-bond donors (Lipinski definition) is 1. The van der Waals surface area contributed by atoms with Gasteiger partial charge in [0.2, 0.25) is 0 Å². The first kappa shape index (κ1) is 16.9. The van der Waals surface area contributed by atoms with E-state index in [0.717, 1.165) is 35.2 Å². The summed E-state index contributed by atoms with van der Waals surface area (Å²) in [6, 6.07) is 8.15. The molecule has 0 fully saturated rings. The van der Waals surface area contributed by atoms with E-state index in [2.05, 4.69) is 42.0 Å². The van der Waals surface area contributed by atoms with E-state index < -0.39 is 10.8 Å². The van der Waals surface area contributed by atoms with Crippen LogP contribution in [0.25, 0.3) is 0 Å². The normalized spacial score (nSPS) is 16.0. The highest BCUT2D eigenvalue weighted by Crippen LogP contribution is 2.25. The summed E-state index contributed by atoms with van der Waals surface area (Å²) in [5.74, 6) is 0. The van der Waals surface area contributed by atoms with E-state index in [-0.39, 0.29) is 5.25 Å². The first-order valence-electron chi connectivity index (χ1n) is 7.04. The lowest BCUT2D eigenvalue weighted by atomic mass is 10.1. The number of benzene rings is 1. The fourth-order valence-corrected chi connectivity index (χ4v) is 4.74. The molecular formula is C15H24BrNOS. The molecule has 19 heavy (non-hydrogen) atoms. The monoisotopic (exact) mass is 345 g/mol. The van der Waals surface area contributed by atoms with E-state index >= 15 is 0 Å². The Kier molecular flexibility index (Phi) is 7.88. The molecule has 0 saturated heterocycles. The van der Waals surface area contributed by atoms with Gasteiger partial charge < -0.3 is 5.32 Å². The van der Waals surface area contributed by atoms with Crippen LogP contribution < -0.4 is 5.32 Å². The average molecular weight is 346 g/mol. The van der Waals surface area contributed by atoms with Crippen LogP contribution in [0.1, 0.15) is 40.0 Å². The number of rotatable bonds is 8. The predicted molar refractivity (Wildman–Crippen MR) is 87.0 cm³/mol. The molecule has 0 radical (unpaired) electrons. The molecule has 3 unspecified atom stereocenters. The third kappa shape index (κ3) is 4.69. The summed E-state index contributed by atoms with van der Waals surface area (Å²) in [5.41, 5.74) is 0. The van der Waals surface area contributed by atoms with Gasteiger partial charge in [-0.05, 0) is 47.4 Å². The maximum atomic E-state index is 12.8. The fourth-order valence-electron chi connectivity index (χ4n) is 2.35. The van der Waals surface area contributed by atoms with E-state index in [0.29, 0.717) is 6.04 Å². The largest absolute Gasteiger partial charge is 0.313 e. The predicted octanol–water partition coefficient (Wildman–Crippen LogP) is 4.11. The second kappa shape index (κ2) is 8.88. The molecule has 0 heterocycles. The summed E-state index contributed by atoms with van der Waals surface area (Å²) in [4.78, 5) is 0.911. The van der Waals surface area contributed by atoms with Gasteiger partial charge >= 0.3 is 0 Å². The van der Waals surface area contributed by atoms with Crippen molar-refractivity contribution in [3.05, 3.63) is 28.7 Å². The summed E-state index contributed by atoms with van der Waals surface area (Å²) in [6.07, 6.45) is 3.11. The second-order valence-electron chi connectivity index (χ2n) is 4.63. The van der Waals surface area contributed by atoms with E-state index in [1.807, 2.05) is 24.3 Å². The van der Waals surface area contributed by atoms with Gasteiger partial charge in [0.15, 0.2) is 0 Å². The number of halogens is 1. The van der Waals surface area contributed by atoms with Crippen LogP contribution in [0.5, 0.6) is 0 Å². The van der Waals surface area contributed by atoms with Gasteiger partial charge in [-0.25, -0.2) is 0 Å². The van der Waals surface area contributed by atoms with Gasteiger partial charge in [-0.3, -0.25) is 4.21 Å². The zero-order valence-electron chi connectivity index (χ0n) is 12.0. The molecule has 0 aliphatic rings. The molecule has 0 aliphatic heterocycles. The maximum Gasteiger partial charge on any atom is 0.0588 e. The van der Waals surface area contributed by atoms with Crippen molar-refractivity contribution >= 4 is 26.7 Å². The van der Waals surface area contributed by atoms with Gasteiger partial charge in [0.1, 0.15) is 0 Å². The molecule has 1 rings (SSSR count). The maximum absolute atomic E-state index is 12.8. The van der Waals surface area contributed by atoms with Crippen LogP contribution in [0.3, 0.4) is 0 Å². The molecular weight excluding hydrogens is 322 g/mol. The Morgan fingerprint density at radius 1 is 1.26 bits per heavy atom. The molecule has 108 valence electrons. The third-order valence-electron chi connectivity index (χ3n) is 3.25. The van der Waals surface area contributed by atoms with Crippen LogP contribution >= 0.6 is 15.9 Å². The summed E-state index contributed by atoms with van der Waals surface area (Å²) in [6.45, 7) is 7.34. The van der Waals surface area contributed by atoms with E-state index in [9.17, 15) is 4.21 Å². The lowest BCUT2D eigenvalue weighted by molar-refractivity contribution is 0.458. The fraction of sp³-hybridized carbons (Fsp3) is 0.600. The molecule has 1 aromatic rings. The van der Waals surface area contributed by atoms with E-state index in [1.165, 1.54) is 0 Å². The SMILES string of the molecule is CCCC(NCC)C(CC)S(=O)c1ccccc1Br. The third-order valence-corrected chi connectivity index (χ3v) is 6.20. The highest BCUT2D eigenvalue weighted by Gasteiger charge is 2.26. The van der Waals surface area contributed by atoms with Crippen LogP contribution in [-0.2, 0) is 10.8 Å². The van der Waals surface area contributed by atoms with Crippen LogP contribution in [0, 0.1) is 0 Å². The van der Waals surface area contributed by atoms with Gasteiger partial charge in [0, 0.05) is 10.5 Å². The minimum atomic E-state index is -0.975. The van der Waals surface area contributed by atoms with Crippen molar-refractivity contribution in [2.45, 2.75) is 56.2 Å². The molecule has 4 heteroatoms. The molecule has 0 aromatic heterocycles. The van der Waals surface area contributed by atoms with Crippen molar-refractivity contribution in [3.8, 4) is 0 Å². The Labute approximate surface area is 128 Å². The van der Waals surface area contributed by atoms with Crippen molar-refractivity contribution in [2.75, 3.05) is 6.54 Å². The Hall–Kier alpha value is -0.190. The Morgan fingerprint density at radius 2 is 1.95 bits per heavy atom. The molecule has 0 saturated carbocycles. The van der Waals surface area contributed by atoms with Crippen LogP contribution in [0.2, 0.25) is 0 Å². The Morgan fingerprint density at radius 3 is 2.47 bits per heavy atom. The molecule has 2 nitrogen and oxygen atoms in total. The molecule has 0 spiro atoms. The topological polar surface area (TPSA) is 29.1 Å². The zero-order valence-corrected chi connectivity index (χ0v) is 14.4. The highest BCUT2D eigenvalue weighted by molar-refractivity contribution is 9.10. The number of nitrogens with one attached hydrogen (secondary N) is 1. The summed E-state index contributed by atoms with van der Waals surface area (Å²) in [7, 11) is -0.975. The molecule has 1 aromatic carbocycles. The van der Waals surface area contributed by atoms with Gasteiger partial charge in [-0.1, -0.05) is 39.3 Å². The van der Waals surface area contributed by atoms with Gasteiger partial charge in [-0.15, -0.1) is 0 Å². The first-order chi connectivity index (χ1) is 9.15. The van der Waals surface area contributed by atoms with Crippen molar-refractivity contribution in [2.24, 2.45) is 0 Å². The van der Waals surface area contributed by atoms with Gasteiger partial charge in [-0.2, -0.15) is 0 Å². The van der Waals surface area contributed by atoms with E-state index in [4.69, 9.17) is 0 Å². The summed E-state index contributed by atoms with van der Waals surface area (Å²) in [5, 5.41) is 3.66. The van der Waals surface area contributed by atoms with Crippen molar-refractivity contribution < 1.29 is 4.21 Å². The van der Waals surface area contributed by atoms with E-state index in [1.54, 1.807) is 0 Å². The minimum Gasteiger partial charge on any atom is -0.313 e. The van der Waals surface area contributed by atoms with Crippen molar-refractivity contribution in [1.29, 1.82) is 0 Å². The molecule has 0 bridgehead atoms. The quantitative estimate of drug-likeness (QED) is 0.767. The summed E-state index contributed by atoms with van der Waals surface area (Å²) < 4.78 is 13.8. The van der Waals surface area contributed by atoms with Crippen LogP contribution in [0.15, 0.2) is 33.6 Å². The second-order valence-corrected chi connectivity index (χ2v) is 7.12. The smallest absolute Gasteiger partial charge is 0.0588 e. The van der Waals surface area contributed by atoms with Crippen LogP contribution in [-0.4, -0.2) is 22.0 Å². The Balaban J connectivity index is 2.94. The first-order valence-corrected chi connectivity index (χ1v) is 9.04. The van der Waals surface area contributed by atoms with Crippen molar-refractivity contribution in [1.82, 2.24) is 5.32 Å². The molecule has 1 N–H and O–H groups in total. The minimum absolute atomic E-state index is 0.165. The standard InChI is InChI=1S/C15H24BrNOS/c1-4-9-13(17-6-3)14(5-2)19(18)15-11-8-7-10-12(15)16/h7-8,10-11,13-14,17H,4-6,9H2,1-3H3. The van der Waals surface area contributed by atoms with Crippen molar-refractivity contribution in [3.63, 3.8) is 0 Å². The van der Waals surface area contributed by atoms with Crippen LogP contribution in [0.4, 0.5) is 0 Å². The Bertz CT molecular complexity index is 405. The van der Waals surface area contributed by atoms with Gasteiger partial charge in [0.05, 0.1) is 20.9 Å². The molecule has 0 amide bonds. The summed E-state index contributed by atoms with van der Waals surface area (Å²) >= 11 is 3.51. The molecule has 0 aliphatic carbocycles. The molecule has 3 atom stereocenters. The lowest BCUT2D eigenvalue weighted by Crippen LogP contribution is -2.41. The lowest BCUT2D eigenvalue weighted by Gasteiger charge is -2.26. The average Bonchev–Trinajstić information content (AvgIpc) is 2.40. The number of hydrogen-bond acceptors (Lipinski definition) is 2. The highest BCUT2D eigenvalue weighted by atomic mass is 79.9. The van der Waals surface area contributed by atoms with Gasteiger partial charge in [0.25, 0.3) is 0 Å². The zero-order chi connectivity index (χ0) is 14.3.